The van der Waals surface area contributed by atoms with Crippen molar-refractivity contribution >= 4 is 35.2 Å². The first kappa shape index (κ1) is 22.2. The highest BCUT2D eigenvalue weighted by molar-refractivity contribution is 6.12. The number of urea groups is 1. The molecule has 4 N–H and O–H groups in total. The first-order valence-corrected chi connectivity index (χ1v) is 9.57. The van der Waals surface area contributed by atoms with E-state index in [9.17, 15) is 19.2 Å². The van der Waals surface area contributed by atoms with Crippen molar-refractivity contribution in [3.05, 3.63) is 24.3 Å². The van der Waals surface area contributed by atoms with E-state index in [-0.39, 0.29) is 17.7 Å². The van der Waals surface area contributed by atoms with Gasteiger partial charge in [-0.05, 0) is 30.9 Å². The van der Waals surface area contributed by atoms with Gasteiger partial charge in [0.25, 0.3) is 0 Å². The Bertz CT molecular complexity index is 808. The van der Waals surface area contributed by atoms with Crippen LogP contribution in [-0.4, -0.2) is 47.0 Å². The van der Waals surface area contributed by atoms with Crippen LogP contribution in [0.1, 0.15) is 34.6 Å². The van der Waals surface area contributed by atoms with Crippen molar-refractivity contribution in [2.24, 2.45) is 11.8 Å². The molecule has 1 aliphatic heterocycles. The second kappa shape index (κ2) is 8.93. The van der Waals surface area contributed by atoms with E-state index in [1.165, 1.54) is 11.8 Å². The average molecular weight is 404 g/mol. The van der Waals surface area contributed by atoms with Gasteiger partial charge in [0, 0.05) is 0 Å². The normalized spacial score (nSPS) is 18.0. The van der Waals surface area contributed by atoms with Crippen LogP contribution in [0.5, 0.6) is 0 Å². The van der Waals surface area contributed by atoms with E-state index < -0.39 is 36.0 Å². The summed E-state index contributed by atoms with van der Waals surface area (Å²) < 4.78 is 0. The zero-order valence-corrected chi connectivity index (χ0v) is 17.2. The van der Waals surface area contributed by atoms with Crippen LogP contribution < -0.4 is 20.9 Å². The molecule has 0 radical (unpaired) electrons. The number of fused-ring (bicyclic) bond motifs is 1. The molecule has 1 aromatic rings. The molecule has 0 saturated heterocycles. The van der Waals surface area contributed by atoms with Crippen LogP contribution in [0, 0.1) is 11.8 Å². The predicted molar refractivity (Wildman–Crippen MR) is 109 cm³/mol. The van der Waals surface area contributed by atoms with E-state index in [0.717, 1.165) is 0 Å². The summed E-state index contributed by atoms with van der Waals surface area (Å²) in [5, 5.41) is 16.9. The lowest BCUT2D eigenvalue weighted by atomic mass is 9.97. The molecular weight excluding hydrogens is 376 g/mol. The minimum Gasteiger partial charge on any atom is -0.480 e. The fraction of sp³-hybridized carbons (Fsp3) is 0.500. The summed E-state index contributed by atoms with van der Waals surface area (Å²) in [5.41, 5.74) is 1.04. The summed E-state index contributed by atoms with van der Waals surface area (Å²) in [6.45, 7) is 8.50. The summed E-state index contributed by atoms with van der Waals surface area (Å²) in [4.78, 5) is 50.8. The molecule has 0 aliphatic carbocycles. The zero-order valence-electron chi connectivity index (χ0n) is 17.2. The third-order valence-electron chi connectivity index (χ3n) is 4.78. The van der Waals surface area contributed by atoms with Crippen LogP contribution >= 0.6 is 0 Å². The molecular formula is C20H28N4O5. The second-order valence-electron chi connectivity index (χ2n) is 7.80. The number of aliphatic carboxylic acids is 1. The van der Waals surface area contributed by atoms with Gasteiger partial charge in [0.2, 0.25) is 11.8 Å². The second-order valence-corrected chi connectivity index (χ2v) is 7.80. The molecule has 0 saturated carbocycles. The number of anilines is 2. The van der Waals surface area contributed by atoms with Gasteiger partial charge in [0.15, 0.2) is 0 Å². The lowest BCUT2D eigenvalue weighted by Gasteiger charge is -2.39. The van der Waals surface area contributed by atoms with E-state index in [0.29, 0.717) is 11.4 Å². The fourth-order valence-electron chi connectivity index (χ4n) is 3.20. The molecule has 0 aromatic heterocycles. The quantitative estimate of drug-likeness (QED) is 0.575. The maximum atomic E-state index is 13.2. The van der Waals surface area contributed by atoms with Gasteiger partial charge in [-0.3, -0.25) is 19.3 Å². The molecule has 2 rings (SSSR count). The molecule has 158 valence electrons. The van der Waals surface area contributed by atoms with Crippen molar-refractivity contribution in [3.63, 3.8) is 0 Å². The molecule has 0 spiro atoms. The molecule has 29 heavy (non-hydrogen) atoms. The van der Waals surface area contributed by atoms with Crippen LogP contribution in [0.15, 0.2) is 24.3 Å². The lowest BCUT2D eigenvalue weighted by Crippen LogP contribution is -2.61. The average Bonchev–Trinajstić information content (AvgIpc) is 2.63. The number of hydrogen-bond donors (Lipinski definition) is 4. The number of carbonyl (C=O) groups excluding carboxylic acids is 3. The summed E-state index contributed by atoms with van der Waals surface area (Å²) >= 11 is 0. The summed E-state index contributed by atoms with van der Waals surface area (Å²) in [7, 11) is 0. The Morgan fingerprint density at radius 2 is 1.69 bits per heavy atom. The van der Waals surface area contributed by atoms with E-state index in [1.807, 2.05) is 13.8 Å². The van der Waals surface area contributed by atoms with Gasteiger partial charge in [0.05, 0.1) is 11.4 Å². The van der Waals surface area contributed by atoms with Gasteiger partial charge in [-0.25, -0.2) is 4.79 Å². The van der Waals surface area contributed by atoms with Crippen LogP contribution in [0.4, 0.5) is 16.2 Å². The van der Waals surface area contributed by atoms with Crippen molar-refractivity contribution in [1.82, 2.24) is 10.6 Å². The third-order valence-corrected chi connectivity index (χ3v) is 4.78. The van der Waals surface area contributed by atoms with E-state index in [1.54, 1.807) is 38.1 Å². The Labute approximate surface area is 169 Å². The molecule has 1 aromatic carbocycles. The van der Waals surface area contributed by atoms with Crippen molar-refractivity contribution in [2.45, 2.75) is 52.7 Å². The number of nitrogens with zero attached hydrogens (tertiary/aromatic N) is 1. The number of benzene rings is 1. The largest absolute Gasteiger partial charge is 0.480 e. The number of amides is 4. The van der Waals surface area contributed by atoms with Crippen LogP contribution in [0.3, 0.4) is 0 Å². The zero-order chi connectivity index (χ0) is 21.9. The fourth-order valence-corrected chi connectivity index (χ4v) is 3.20. The van der Waals surface area contributed by atoms with Crippen molar-refractivity contribution in [1.29, 1.82) is 0 Å². The number of nitrogens with one attached hydrogen (secondary N) is 3. The minimum absolute atomic E-state index is 0.174. The smallest absolute Gasteiger partial charge is 0.325 e. The number of para-hydroxylation sites is 2. The van der Waals surface area contributed by atoms with Gasteiger partial charge in [-0.2, -0.15) is 0 Å². The van der Waals surface area contributed by atoms with Crippen molar-refractivity contribution < 1.29 is 24.3 Å². The highest BCUT2D eigenvalue weighted by atomic mass is 16.4. The van der Waals surface area contributed by atoms with Gasteiger partial charge in [-0.15, -0.1) is 0 Å². The SMILES string of the molecule is CC(C)[C@H](NC(=O)N1c2ccccc2NC(=O)[C@@H]1C(C)C)C(=O)N[C@@H](C)C(=O)O. The van der Waals surface area contributed by atoms with Crippen LogP contribution in [-0.2, 0) is 14.4 Å². The number of carboxylic acids is 1. The minimum atomic E-state index is -1.17. The van der Waals surface area contributed by atoms with Gasteiger partial charge in [0.1, 0.15) is 18.1 Å². The monoisotopic (exact) mass is 404 g/mol. The predicted octanol–water partition coefficient (Wildman–Crippen LogP) is 1.79. The maximum Gasteiger partial charge on any atom is 0.325 e. The summed E-state index contributed by atoms with van der Waals surface area (Å²) in [6.07, 6.45) is 0. The molecule has 4 amide bonds. The van der Waals surface area contributed by atoms with Crippen molar-refractivity contribution in [3.8, 4) is 0 Å². The Morgan fingerprint density at radius 1 is 1.07 bits per heavy atom. The summed E-state index contributed by atoms with van der Waals surface area (Å²) in [6, 6.07) is 3.53. The van der Waals surface area contributed by atoms with E-state index >= 15 is 0 Å². The lowest BCUT2D eigenvalue weighted by molar-refractivity contribution is -0.141. The topological polar surface area (TPSA) is 128 Å². The Morgan fingerprint density at radius 3 is 2.24 bits per heavy atom. The maximum absolute atomic E-state index is 13.2. The van der Waals surface area contributed by atoms with Crippen LogP contribution in [0.25, 0.3) is 0 Å². The molecule has 1 aliphatic rings. The highest BCUT2D eigenvalue weighted by Crippen LogP contribution is 2.34. The van der Waals surface area contributed by atoms with Crippen molar-refractivity contribution in [2.75, 3.05) is 10.2 Å². The molecule has 0 unspecified atom stereocenters. The number of carbonyl (C=O) groups is 4. The number of hydrogen-bond acceptors (Lipinski definition) is 4. The first-order chi connectivity index (χ1) is 13.5. The molecule has 3 atom stereocenters. The summed E-state index contributed by atoms with van der Waals surface area (Å²) in [5.74, 6) is -2.55. The standard InChI is InChI=1S/C20H28N4O5/c1-10(2)15(17(25)21-12(5)19(27)28)23-20(29)24-14-9-7-6-8-13(14)22-18(26)16(24)11(3)4/h6-12,15-16H,1-5H3,(H,21,25)(H,22,26)(H,23,29)(H,27,28)/t12-,15-,16-/m0/s1. The highest BCUT2D eigenvalue weighted by Gasteiger charge is 2.40. The van der Waals surface area contributed by atoms with Crippen LogP contribution in [0.2, 0.25) is 0 Å². The first-order valence-electron chi connectivity index (χ1n) is 9.57. The van der Waals surface area contributed by atoms with Gasteiger partial charge in [-0.1, -0.05) is 39.8 Å². The number of carboxylic acid groups (broad SMARTS) is 1. The molecule has 9 nitrogen and oxygen atoms in total. The molecule has 9 heteroatoms. The number of rotatable bonds is 6. The van der Waals surface area contributed by atoms with Gasteiger partial charge < -0.3 is 21.1 Å². The molecule has 1 heterocycles. The molecule has 0 bridgehead atoms. The Balaban J connectivity index is 2.32. The van der Waals surface area contributed by atoms with E-state index in [4.69, 9.17) is 5.11 Å². The van der Waals surface area contributed by atoms with Gasteiger partial charge >= 0.3 is 12.0 Å². The Kier molecular flexibility index (Phi) is 6.84. The third kappa shape index (κ3) is 4.85. The van der Waals surface area contributed by atoms with E-state index in [2.05, 4.69) is 16.0 Å². The molecule has 0 fully saturated rings. The Hall–Kier alpha value is -3.10.